The molecule has 0 unspecified atom stereocenters. The van der Waals surface area contributed by atoms with Crippen LogP contribution < -0.4 is 103 Å². The second-order valence-electron chi connectivity index (χ2n) is 1.63. The van der Waals surface area contributed by atoms with E-state index in [4.69, 9.17) is 10.2 Å². The molecule has 0 spiro atoms. The molecule has 4 nitrogen and oxygen atoms in total. The van der Waals surface area contributed by atoms with Crippen LogP contribution in [-0.4, -0.2) is 26.2 Å². The van der Waals surface area contributed by atoms with Crippen LogP contribution in [0.25, 0.3) is 0 Å². The van der Waals surface area contributed by atoms with E-state index < -0.39 is 22.4 Å². The van der Waals surface area contributed by atoms with Crippen molar-refractivity contribution < 1.29 is 123 Å². The second-order valence-corrected chi connectivity index (χ2v) is 3.28. The largest absolute Gasteiger partial charge is 1.00 e. The van der Waals surface area contributed by atoms with Crippen LogP contribution in [0.5, 0.6) is 0 Å². The molecule has 58 valence electrons. The number of aliphatic carboxylic acids is 2. The average Bonchev–Trinajstić information content (AvgIpc) is 1.60. The number of rotatable bonds is 3. The number of carboxylic acid groups (broad SMARTS) is 2. The smallest absolute Gasteiger partial charge is 0.800 e. The molecule has 0 fully saturated rings. The van der Waals surface area contributed by atoms with Gasteiger partial charge in [0.2, 0.25) is 0 Å². The first-order valence-electron chi connectivity index (χ1n) is 2.22. The van der Waals surface area contributed by atoms with Crippen LogP contribution in [0.4, 0.5) is 0 Å². The Hall–Kier alpha value is 2.91. The third-order valence-electron chi connectivity index (χ3n) is 0.710. The third kappa shape index (κ3) is 9.47. The zero-order valence-corrected chi connectivity index (χ0v) is 14.6. The van der Waals surface area contributed by atoms with Gasteiger partial charge >= 0.3 is 109 Å². The van der Waals surface area contributed by atoms with Crippen molar-refractivity contribution >= 4 is 37.2 Å². The van der Waals surface area contributed by atoms with Gasteiger partial charge in [0.1, 0.15) is 0 Å². The predicted molar refractivity (Wildman–Crippen MR) is 37.3 cm³/mol. The molecule has 0 aromatic rings. The van der Waals surface area contributed by atoms with Gasteiger partial charge in [0.05, 0.1) is 0 Å². The summed E-state index contributed by atoms with van der Waals surface area (Å²) in [5.74, 6) is -2.76. The first-order valence-corrected chi connectivity index (χ1v) is 3.04. The fraction of sp³-hybridized carbons (Fsp3) is 0.500. The Kier molecular flexibility index (Phi) is 15.5. The molecule has 0 saturated carbocycles. The Balaban J connectivity index is -0.000000405. The minimum Gasteiger partial charge on any atom is -0.800 e. The molecule has 0 bridgehead atoms. The average molecular weight is 258 g/mol. The molecule has 0 atom stereocenters. The number of carboxylic acids is 2. The standard InChI is InChI=1S/C4H6O4S2.2K/c5-2(6)1-4(9,10)3(7)8;;/h9-10H,1H2,(H,5,6)(H,7,8);;/q;2*+1/p-2. The molecule has 2 N–H and O–H groups in total. The molecule has 0 saturated heterocycles. The Morgan fingerprint density at radius 1 is 1.17 bits per heavy atom. The van der Waals surface area contributed by atoms with Gasteiger partial charge in [-0.1, -0.05) is 0 Å². The molecule has 0 aromatic carbocycles. The van der Waals surface area contributed by atoms with Gasteiger partial charge in [-0.15, -0.1) is 0 Å². The fourth-order valence-corrected chi connectivity index (χ4v) is 0.522. The van der Waals surface area contributed by atoms with Crippen molar-refractivity contribution in [2.75, 3.05) is 0 Å². The van der Waals surface area contributed by atoms with Gasteiger partial charge in [0, 0.05) is 6.42 Å². The van der Waals surface area contributed by atoms with E-state index in [1.54, 1.807) is 0 Å². The topological polar surface area (TPSA) is 74.6 Å². The van der Waals surface area contributed by atoms with Crippen molar-refractivity contribution in [3.8, 4) is 0 Å². The van der Waals surface area contributed by atoms with Crippen molar-refractivity contribution in [1.29, 1.82) is 0 Å². The predicted octanol–water partition coefficient (Wildman–Crippen LogP) is -6.66. The van der Waals surface area contributed by atoms with E-state index in [1.807, 2.05) is 0 Å². The molecule has 0 aliphatic rings. The van der Waals surface area contributed by atoms with E-state index in [2.05, 4.69) is 25.3 Å². The summed E-state index contributed by atoms with van der Waals surface area (Å²) < 4.78 is -1.99. The van der Waals surface area contributed by atoms with Crippen LogP contribution in [0.3, 0.4) is 0 Å². The zero-order chi connectivity index (χ0) is 8.36. The van der Waals surface area contributed by atoms with Gasteiger partial charge in [-0.05, 0) is 0 Å². The molecule has 8 heteroatoms. The van der Waals surface area contributed by atoms with Gasteiger partial charge in [-0.3, -0.25) is 9.59 Å². The van der Waals surface area contributed by atoms with Crippen molar-refractivity contribution in [2.24, 2.45) is 0 Å². The maximum Gasteiger partial charge on any atom is 1.00 e. The summed E-state index contributed by atoms with van der Waals surface area (Å²) in [6, 6.07) is 0. The molecule has 0 aliphatic heterocycles. The number of carbonyl (C=O) groups is 2. The molecule has 0 aliphatic carbocycles. The molecule has 0 heterocycles. The van der Waals surface area contributed by atoms with Crippen molar-refractivity contribution in [3.63, 3.8) is 0 Å². The zero-order valence-electron chi connectivity index (χ0n) is 6.73. The van der Waals surface area contributed by atoms with Crippen LogP contribution in [0, 0.1) is 0 Å². The summed E-state index contributed by atoms with van der Waals surface area (Å²) in [4.78, 5) is 20.0. The summed E-state index contributed by atoms with van der Waals surface area (Å²) in [6.07, 6.45) is -0.715. The number of hydrogen-bond donors (Lipinski definition) is 2. The minimum atomic E-state index is -1.99. The molecule has 0 amide bonds. The first kappa shape index (κ1) is 20.3. The SMILES string of the molecule is O=C(O)CC([S-])([S-])C(=O)O.[K+].[K+]. The van der Waals surface area contributed by atoms with Crippen molar-refractivity contribution in [2.45, 2.75) is 10.5 Å². The summed E-state index contributed by atoms with van der Waals surface area (Å²) in [6.45, 7) is 0. The molecule has 12 heavy (non-hydrogen) atoms. The molecule has 0 rings (SSSR count). The summed E-state index contributed by atoms with van der Waals surface area (Å²) in [7, 11) is 0. The molecule has 0 aromatic heterocycles. The normalized spacial score (nSPS) is 9.17. The van der Waals surface area contributed by atoms with Crippen molar-refractivity contribution in [3.05, 3.63) is 0 Å². The summed E-state index contributed by atoms with van der Waals surface area (Å²) in [5, 5.41) is 16.3. The monoisotopic (exact) mass is 258 g/mol. The van der Waals surface area contributed by atoms with E-state index in [1.165, 1.54) is 0 Å². The van der Waals surface area contributed by atoms with E-state index in [-0.39, 0.29) is 103 Å². The summed E-state index contributed by atoms with van der Waals surface area (Å²) in [5.41, 5.74) is 0. The Morgan fingerprint density at radius 3 is 1.58 bits per heavy atom. The Labute approximate surface area is 166 Å². The van der Waals surface area contributed by atoms with E-state index >= 15 is 0 Å². The van der Waals surface area contributed by atoms with Crippen LogP contribution >= 0.6 is 0 Å². The summed E-state index contributed by atoms with van der Waals surface area (Å²) >= 11 is 8.56. The van der Waals surface area contributed by atoms with Gasteiger partial charge < -0.3 is 35.5 Å². The van der Waals surface area contributed by atoms with E-state index in [0.29, 0.717) is 0 Å². The maximum absolute atomic E-state index is 10.1. The van der Waals surface area contributed by atoms with Gasteiger partial charge in [0.15, 0.2) is 0 Å². The quantitative estimate of drug-likeness (QED) is 0.387. The molecular formula is C4H4K2O4S2. The van der Waals surface area contributed by atoms with Crippen LogP contribution in [0.2, 0.25) is 0 Å². The van der Waals surface area contributed by atoms with Gasteiger partial charge in [0.25, 0.3) is 5.97 Å². The first-order chi connectivity index (χ1) is 4.36. The van der Waals surface area contributed by atoms with Gasteiger partial charge in [-0.2, -0.15) is 4.08 Å². The minimum absolute atomic E-state index is 0. The van der Waals surface area contributed by atoms with Crippen LogP contribution in [-0.2, 0) is 34.8 Å². The van der Waals surface area contributed by atoms with Crippen LogP contribution in [0.15, 0.2) is 0 Å². The molecule has 0 radical (unpaired) electrons. The Bertz CT molecular complexity index is 172. The third-order valence-corrected chi connectivity index (χ3v) is 1.35. The fourth-order valence-electron chi connectivity index (χ4n) is 0.275. The maximum atomic E-state index is 10.1. The van der Waals surface area contributed by atoms with Crippen LogP contribution in [0.1, 0.15) is 6.42 Å². The second kappa shape index (κ2) is 9.16. The van der Waals surface area contributed by atoms with E-state index in [0.717, 1.165) is 0 Å². The van der Waals surface area contributed by atoms with Crippen molar-refractivity contribution in [1.82, 2.24) is 0 Å². The van der Waals surface area contributed by atoms with E-state index in [9.17, 15) is 9.59 Å². The molecular weight excluding hydrogens is 254 g/mol. The Morgan fingerprint density at radius 2 is 1.50 bits per heavy atom. The number of hydrogen-bond acceptors (Lipinski definition) is 4. The van der Waals surface area contributed by atoms with Gasteiger partial charge in [-0.25, -0.2) is 0 Å².